The minimum atomic E-state index is -0.708. The molecule has 0 spiro atoms. The second kappa shape index (κ2) is 14.0. The molecule has 0 aromatic heterocycles. The van der Waals surface area contributed by atoms with Crippen molar-refractivity contribution >= 4 is 17.9 Å². The zero-order chi connectivity index (χ0) is 24.0. The second-order valence-electron chi connectivity index (χ2n) is 8.25. The van der Waals surface area contributed by atoms with Gasteiger partial charge >= 0.3 is 17.9 Å². The van der Waals surface area contributed by atoms with E-state index in [0.717, 1.165) is 25.7 Å². The lowest BCUT2D eigenvalue weighted by molar-refractivity contribution is -0.187. The van der Waals surface area contributed by atoms with Gasteiger partial charge in [0.1, 0.15) is 5.60 Å². The zero-order valence-electron chi connectivity index (χ0n) is 19.6. The predicted octanol–water partition coefficient (Wildman–Crippen LogP) is 6.16. The van der Waals surface area contributed by atoms with Crippen LogP contribution in [0.2, 0.25) is 0 Å². The first-order chi connectivity index (χ1) is 15.2. The molecule has 1 unspecified atom stereocenters. The first-order valence-corrected chi connectivity index (χ1v) is 10.9. The van der Waals surface area contributed by atoms with Crippen LogP contribution in [0, 0.1) is 5.92 Å². The lowest BCUT2D eigenvalue weighted by atomic mass is 9.99. The quantitative estimate of drug-likeness (QED) is 0.290. The van der Waals surface area contributed by atoms with Crippen molar-refractivity contribution in [2.24, 2.45) is 5.92 Å². The lowest BCUT2D eigenvalue weighted by Gasteiger charge is -2.23. The Labute approximate surface area is 190 Å². The van der Waals surface area contributed by atoms with Crippen LogP contribution in [0.15, 0.2) is 60.7 Å². The van der Waals surface area contributed by atoms with E-state index in [1.807, 2.05) is 27.7 Å². The van der Waals surface area contributed by atoms with Gasteiger partial charge in [0.2, 0.25) is 0 Å². The minimum Gasteiger partial charge on any atom is -0.460 e. The summed E-state index contributed by atoms with van der Waals surface area (Å²) in [6.07, 6.45) is 4.09. The third-order valence-corrected chi connectivity index (χ3v) is 4.35. The number of hydrogen-bond acceptors (Lipinski definition) is 6. The molecule has 6 heteroatoms. The summed E-state index contributed by atoms with van der Waals surface area (Å²) in [5, 5.41) is 0. The van der Waals surface area contributed by atoms with Crippen LogP contribution in [0.3, 0.4) is 0 Å². The fourth-order valence-corrected chi connectivity index (χ4v) is 2.64. The van der Waals surface area contributed by atoms with Crippen LogP contribution in [0.5, 0.6) is 0 Å². The molecule has 0 aliphatic heterocycles. The highest BCUT2D eigenvalue weighted by atomic mass is 17.2. The van der Waals surface area contributed by atoms with Crippen LogP contribution in [-0.4, -0.2) is 23.5 Å². The van der Waals surface area contributed by atoms with Gasteiger partial charge in [0.25, 0.3) is 0 Å². The molecule has 0 aliphatic carbocycles. The van der Waals surface area contributed by atoms with Crippen molar-refractivity contribution in [3.63, 3.8) is 0 Å². The average molecular weight is 443 g/mol. The van der Waals surface area contributed by atoms with Crippen molar-refractivity contribution in [3.8, 4) is 0 Å². The highest BCUT2D eigenvalue weighted by Crippen LogP contribution is 2.18. The summed E-state index contributed by atoms with van der Waals surface area (Å²) in [6.45, 7) is 9.93. The maximum Gasteiger partial charge on any atom is 0.386 e. The Morgan fingerprint density at radius 3 is 1.56 bits per heavy atom. The van der Waals surface area contributed by atoms with Gasteiger partial charge < -0.3 is 4.74 Å². The van der Waals surface area contributed by atoms with Gasteiger partial charge in [-0.25, -0.2) is 19.4 Å². The van der Waals surface area contributed by atoms with Gasteiger partial charge in [-0.3, -0.25) is 4.79 Å². The molecule has 0 aliphatic rings. The van der Waals surface area contributed by atoms with E-state index in [1.54, 1.807) is 60.7 Å². The van der Waals surface area contributed by atoms with E-state index in [9.17, 15) is 14.4 Å². The van der Waals surface area contributed by atoms with Gasteiger partial charge in [0, 0.05) is 0 Å². The molecule has 0 bridgehead atoms. The number of ether oxygens (including phenoxy) is 1. The Bertz CT molecular complexity index is 773. The Balaban J connectivity index is 0.000000333. The summed E-state index contributed by atoms with van der Waals surface area (Å²) in [7, 11) is 0. The number of carbonyl (C=O) groups excluding carboxylic acids is 3. The number of esters is 1. The van der Waals surface area contributed by atoms with Crippen molar-refractivity contribution in [1.82, 2.24) is 0 Å². The SMILES string of the molecule is CCCCC(CC)C(=O)OC(C)(C)C.O=C(OOC(=O)c1ccccc1)c1ccccc1. The highest BCUT2D eigenvalue weighted by molar-refractivity contribution is 5.92. The fraction of sp³-hybridized carbons (Fsp3) is 0.423. The summed E-state index contributed by atoms with van der Waals surface area (Å²) in [4.78, 5) is 43.5. The van der Waals surface area contributed by atoms with Crippen molar-refractivity contribution in [1.29, 1.82) is 0 Å². The van der Waals surface area contributed by atoms with Crippen LogP contribution in [-0.2, 0) is 19.3 Å². The maximum absolute atomic E-state index is 11.7. The molecule has 0 heterocycles. The molecule has 0 saturated heterocycles. The van der Waals surface area contributed by atoms with E-state index >= 15 is 0 Å². The number of benzene rings is 2. The van der Waals surface area contributed by atoms with Gasteiger partial charge in [-0.15, -0.1) is 0 Å². The third kappa shape index (κ3) is 10.8. The second-order valence-corrected chi connectivity index (χ2v) is 8.25. The van der Waals surface area contributed by atoms with Crippen molar-refractivity contribution < 1.29 is 28.9 Å². The van der Waals surface area contributed by atoms with Gasteiger partial charge in [0.15, 0.2) is 0 Å². The maximum atomic E-state index is 11.7. The summed E-state index contributed by atoms with van der Waals surface area (Å²) >= 11 is 0. The molecule has 32 heavy (non-hydrogen) atoms. The van der Waals surface area contributed by atoms with Crippen LogP contribution in [0.1, 0.15) is 81.0 Å². The summed E-state index contributed by atoms with van der Waals surface area (Å²) in [5.74, 6) is -1.36. The van der Waals surface area contributed by atoms with Crippen LogP contribution >= 0.6 is 0 Å². The predicted molar refractivity (Wildman–Crippen MR) is 123 cm³/mol. The first-order valence-electron chi connectivity index (χ1n) is 10.9. The summed E-state index contributed by atoms with van der Waals surface area (Å²) < 4.78 is 5.35. The van der Waals surface area contributed by atoms with Crippen LogP contribution in [0.25, 0.3) is 0 Å². The molecule has 0 amide bonds. The topological polar surface area (TPSA) is 78.9 Å². The van der Waals surface area contributed by atoms with E-state index < -0.39 is 11.9 Å². The molecule has 0 fully saturated rings. The molecular formula is C26H34O6. The molecule has 174 valence electrons. The Morgan fingerprint density at radius 2 is 1.22 bits per heavy atom. The van der Waals surface area contributed by atoms with Gasteiger partial charge in [0.05, 0.1) is 17.0 Å². The van der Waals surface area contributed by atoms with Gasteiger partial charge in [-0.2, -0.15) is 0 Å². The van der Waals surface area contributed by atoms with Crippen molar-refractivity contribution in [3.05, 3.63) is 71.8 Å². The fourth-order valence-electron chi connectivity index (χ4n) is 2.64. The Hall–Kier alpha value is -3.15. The molecule has 2 rings (SSSR count). The van der Waals surface area contributed by atoms with E-state index in [-0.39, 0.29) is 17.5 Å². The van der Waals surface area contributed by atoms with Gasteiger partial charge in [-0.1, -0.05) is 63.1 Å². The van der Waals surface area contributed by atoms with Gasteiger partial charge in [-0.05, 0) is 57.9 Å². The zero-order valence-corrected chi connectivity index (χ0v) is 19.6. The summed E-state index contributed by atoms with van der Waals surface area (Å²) in [6, 6.07) is 16.6. The molecule has 1 atom stereocenters. The molecule has 0 N–H and O–H groups in total. The third-order valence-electron chi connectivity index (χ3n) is 4.35. The standard InChI is InChI=1S/C14H10O4.C12H24O2/c15-13(11-7-3-1-4-8-11)17-18-14(16)12-9-5-2-6-10-12;1-6-8-9-10(7-2)11(13)14-12(3,4)5/h1-10H;10H,6-9H2,1-5H3. The number of unbranched alkanes of at least 4 members (excludes halogenated alkanes) is 1. The Kier molecular flexibility index (Phi) is 11.8. The largest absolute Gasteiger partial charge is 0.460 e. The van der Waals surface area contributed by atoms with Crippen LogP contribution in [0.4, 0.5) is 0 Å². The number of hydrogen-bond donors (Lipinski definition) is 0. The minimum absolute atomic E-state index is 0.0338. The van der Waals surface area contributed by atoms with E-state index in [2.05, 4.69) is 16.7 Å². The van der Waals surface area contributed by atoms with E-state index in [4.69, 9.17) is 4.74 Å². The Morgan fingerprint density at radius 1 is 0.781 bits per heavy atom. The summed E-state index contributed by atoms with van der Waals surface area (Å²) in [5.41, 5.74) is 0.285. The molecule has 2 aromatic carbocycles. The molecule has 6 nitrogen and oxygen atoms in total. The van der Waals surface area contributed by atoms with E-state index in [1.165, 1.54) is 0 Å². The number of rotatable bonds is 7. The lowest BCUT2D eigenvalue weighted by Crippen LogP contribution is -2.28. The highest BCUT2D eigenvalue weighted by Gasteiger charge is 2.23. The number of carbonyl (C=O) groups is 3. The smallest absolute Gasteiger partial charge is 0.386 e. The first kappa shape index (κ1) is 26.9. The average Bonchev–Trinajstić information content (AvgIpc) is 2.78. The van der Waals surface area contributed by atoms with Crippen molar-refractivity contribution in [2.75, 3.05) is 0 Å². The molecule has 0 saturated carbocycles. The monoisotopic (exact) mass is 442 g/mol. The molecule has 2 aromatic rings. The van der Waals surface area contributed by atoms with Crippen molar-refractivity contribution in [2.45, 2.75) is 65.9 Å². The molecular weight excluding hydrogens is 408 g/mol. The molecule has 0 radical (unpaired) electrons. The van der Waals surface area contributed by atoms with E-state index in [0.29, 0.717) is 11.1 Å². The van der Waals surface area contributed by atoms with Crippen LogP contribution < -0.4 is 0 Å². The normalized spacial score (nSPS) is 11.4.